The van der Waals surface area contributed by atoms with Crippen molar-refractivity contribution in [3.8, 4) is 11.5 Å². The summed E-state index contributed by atoms with van der Waals surface area (Å²) in [6.07, 6.45) is 0.539. The van der Waals surface area contributed by atoms with Crippen LogP contribution in [0.5, 0.6) is 11.5 Å². The van der Waals surface area contributed by atoms with Gasteiger partial charge >= 0.3 is 7.82 Å². The van der Waals surface area contributed by atoms with E-state index in [-0.39, 0.29) is 11.5 Å². The third kappa shape index (κ3) is 3.89. The first-order chi connectivity index (χ1) is 6.92. The molecule has 84 valence electrons. The summed E-state index contributed by atoms with van der Waals surface area (Å²) in [5.41, 5.74) is 6.05. The standard InChI is InChI=1S/C8H12NO5P/c9-4-3-6-1-2-7(10)8(5-6)14-15(11,12)13/h1-2,5,10H,3-4,9H2,(H2,11,12,13). The van der Waals surface area contributed by atoms with Gasteiger partial charge in [0.25, 0.3) is 0 Å². The first-order valence-corrected chi connectivity index (χ1v) is 5.72. The Kier molecular flexibility index (Phi) is 3.71. The number of hydrogen-bond donors (Lipinski definition) is 4. The average molecular weight is 233 g/mol. The topological polar surface area (TPSA) is 113 Å². The Labute approximate surface area is 86.5 Å². The summed E-state index contributed by atoms with van der Waals surface area (Å²) < 4.78 is 14.9. The van der Waals surface area contributed by atoms with Crippen LogP contribution >= 0.6 is 7.82 Å². The summed E-state index contributed by atoms with van der Waals surface area (Å²) in [7, 11) is -4.64. The monoisotopic (exact) mass is 233 g/mol. The maximum atomic E-state index is 10.6. The fraction of sp³-hybridized carbons (Fsp3) is 0.250. The van der Waals surface area contributed by atoms with Gasteiger partial charge in [-0.15, -0.1) is 0 Å². The lowest BCUT2D eigenvalue weighted by molar-refractivity contribution is 0.277. The molecule has 0 unspecified atom stereocenters. The van der Waals surface area contributed by atoms with E-state index >= 15 is 0 Å². The van der Waals surface area contributed by atoms with Gasteiger partial charge in [-0.25, -0.2) is 4.57 Å². The Bertz CT molecular complexity index is 389. The highest BCUT2D eigenvalue weighted by molar-refractivity contribution is 7.46. The van der Waals surface area contributed by atoms with Crippen LogP contribution in [0.15, 0.2) is 18.2 Å². The van der Waals surface area contributed by atoms with E-state index < -0.39 is 7.82 Å². The SMILES string of the molecule is NCCc1ccc(O)c(OP(=O)(O)O)c1. The molecule has 0 saturated heterocycles. The Hall–Kier alpha value is -1.07. The van der Waals surface area contributed by atoms with Gasteiger partial charge in [0.15, 0.2) is 11.5 Å². The third-order valence-corrected chi connectivity index (χ3v) is 2.11. The number of nitrogens with two attached hydrogens (primary N) is 1. The molecule has 1 rings (SSSR count). The minimum absolute atomic E-state index is 0.241. The van der Waals surface area contributed by atoms with Crippen LogP contribution in [0, 0.1) is 0 Å². The first kappa shape index (κ1) is 12.0. The lowest BCUT2D eigenvalue weighted by atomic mass is 10.1. The fourth-order valence-corrected chi connectivity index (χ4v) is 1.48. The highest BCUT2D eigenvalue weighted by Gasteiger charge is 2.18. The van der Waals surface area contributed by atoms with Crippen molar-refractivity contribution in [2.45, 2.75) is 6.42 Å². The van der Waals surface area contributed by atoms with Gasteiger partial charge in [-0.3, -0.25) is 9.79 Å². The van der Waals surface area contributed by atoms with E-state index in [1.807, 2.05) is 0 Å². The molecule has 0 atom stereocenters. The maximum Gasteiger partial charge on any atom is 0.524 e. The van der Waals surface area contributed by atoms with Crippen molar-refractivity contribution < 1.29 is 24.0 Å². The minimum atomic E-state index is -4.64. The second-order valence-electron chi connectivity index (χ2n) is 2.92. The Balaban J connectivity index is 2.95. The number of aromatic hydroxyl groups is 1. The van der Waals surface area contributed by atoms with Crippen LogP contribution in [0.2, 0.25) is 0 Å². The number of benzene rings is 1. The van der Waals surface area contributed by atoms with E-state index in [1.54, 1.807) is 6.07 Å². The summed E-state index contributed by atoms with van der Waals surface area (Å²) >= 11 is 0. The smallest absolute Gasteiger partial charge is 0.504 e. The zero-order valence-electron chi connectivity index (χ0n) is 7.83. The zero-order chi connectivity index (χ0) is 11.5. The quantitative estimate of drug-likeness (QED) is 0.558. The molecular formula is C8H12NO5P. The molecule has 5 N–H and O–H groups in total. The molecule has 0 aliphatic carbocycles. The van der Waals surface area contributed by atoms with E-state index in [9.17, 15) is 9.67 Å². The number of rotatable bonds is 4. The van der Waals surface area contributed by atoms with Crippen LogP contribution < -0.4 is 10.3 Å². The van der Waals surface area contributed by atoms with E-state index in [1.165, 1.54) is 12.1 Å². The fourth-order valence-electron chi connectivity index (χ4n) is 1.08. The van der Waals surface area contributed by atoms with E-state index in [2.05, 4.69) is 4.52 Å². The van der Waals surface area contributed by atoms with Gasteiger partial charge in [-0.2, -0.15) is 0 Å². The number of hydrogen-bond acceptors (Lipinski definition) is 4. The van der Waals surface area contributed by atoms with Crippen LogP contribution in [0.3, 0.4) is 0 Å². The van der Waals surface area contributed by atoms with Crippen molar-refractivity contribution in [1.29, 1.82) is 0 Å². The largest absolute Gasteiger partial charge is 0.524 e. The molecule has 6 nitrogen and oxygen atoms in total. The molecule has 0 radical (unpaired) electrons. The molecule has 0 aliphatic heterocycles. The predicted molar refractivity (Wildman–Crippen MR) is 53.5 cm³/mol. The summed E-state index contributed by atoms with van der Waals surface area (Å²) in [4.78, 5) is 17.1. The second-order valence-corrected chi connectivity index (χ2v) is 4.09. The molecule has 0 bridgehead atoms. The Morgan fingerprint density at radius 3 is 2.60 bits per heavy atom. The lowest BCUT2D eigenvalue weighted by Gasteiger charge is -2.09. The van der Waals surface area contributed by atoms with Gasteiger partial charge in [0.05, 0.1) is 0 Å². The number of phosphoric ester groups is 1. The predicted octanol–water partition coefficient (Wildman–Crippen LogP) is 0.365. The van der Waals surface area contributed by atoms with E-state index in [4.69, 9.17) is 15.5 Å². The van der Waals surface area contributed by atoms with Crippen LogP contribution in [0.4, 0.5) is 0 Å². The average Bonchev–Trinajstić information content (AvgIpc) is 2.09. The normalized spacial score (nSPS) is 11.4. The molecule has 7 heteroatoms. The van der Waals surface area contributed by atoms with Crippen molar-refractivity contribution in [3.63, 3.8) is 0 Å². The number of phosphoric acid groups is 1. The molecule has 0 spiro atoms. The first-order valence-electron chi connectivity index (χ1n) is 4.19. The van der Waals surface area contributed by atoms with Gasteiger partial charge in [0.1, 0.15) is 0 Å². The molecule has 0 fully saturated rings. The summed E-state index contributed by atoms with van der Waals surface area (Å²) in [6, 6.07) is 4.26. The van der Waals surface area contributed by atoms with Crippen LogP contribution in [0.25, 0.3) is 0 Å². The van der Waals surface area contributed by atoms with Gasteiger partial charge in [-0.05, 0) is 30.7 Å². The summed E-state index contributed by atoms with van der Waals surface area (Å²) in [5.74, 6) is -0.562. The molecule has 15 heavy (non-hydrogen) atoms. The second kappa shape index (κ2) is 4.63. The van der Waals surface area contributed by atoms with E-state index in [0.717, 1.165) is 5.56 Å². The Morgan fingerprint density at radius 1 is 1.40 bits per heavy atom. The van der Waals surface area contributed by atoms with Crippen molar-refractivity contribution in [2.24, 2.45) is 5.73 Å². The van der Waals surface area contributed by atoms with Crippen LogP contribution in [-0.2, 0) is 11.0 Å². The van der Waals surface area contributed by atoms with Gasteiger partial charge in [-0.1, -0.05) is 6.07 Å². The number of phenols is 1. The molecular weight excluding hydrogens is 221 g/mol. The van der Waals surface area contributed by atoms with Crippen LogP contribution in [-0.4, -0.2) is 21.4 Å². The van der Waals surface area contributed by atoms with Gasteiger partial charge < -0.3 is 15.4 Å². The van der Waals surface area contributed by atoms with Crippen molar-refractivity contribution >= 4 is 7.82 Å². The molecule has 0 amide bonds. The molecule has 0 saturated carbocycles. The highest BCUT2D eigenvalue weighted by Crippen LogP contribution is 2.41. The molecule has 0 aromatic heterocycles. The number of phenolic OH excluding ortho intramolecular Hbond substituents is 1. The molecule has 1 aromatic rings. The summed E-state index contributed by atoms with van der Waals surface area (Å²) in [5, 5.41) is 9.27. The van der Waals surface area contributed by atoms with Crippen molar-refractivity contribution in [2.75, 3.05) is 6.54 Å². The zero-order valence-corrected chi connectivity index (χ0v) is 8.72. The van der Waals surface area contributed by atoms with Crippen LogP contribution in [0.1, 0.15) is 5.56 Å². The summed E-state index contributed by atoms with van der Waals surface area (Å²) in [6.45, 7) is 0.403. The van der Waals surface area contributed by atoms with Crippen molar-refractivity contribution in [3.05, 3.63) is 23.8 Å². The Morgan fingerprint density at radius 2 is 2.07 bits per heavy atom. The molecule has 1 aromatic carbocycles. The third-order valence-electron chi connectivity index (χ3n) is 1.67. The molecule has 0 heterocycles. The molecule has 0 aliphatic rings. The highest BCUT2D eigenvalue weighted by atomic mass is 31.2. The van der Waals surface area contributed by atoms with Crippen molar-refractivity contribution in [1.82, 2.24) is 0 Å². The van der Waals surface area contributed by atoms with Gasteiger partial charge in [0, 0.05) is 0 Å². The maximum absolute atomic E-state index is 10.6. The lowest BCUT2D eigenvalue weighted by Crippen LogP contribution is -2.02. The minimum Gasteiger partial charge on any atom is -0.504 e. The van der Waals surface area contributed by atoms with Gasteiger partial charge in [0.2, 0.25) is 0 Å². The van der Waals surface area contributed by atoms with E-state index in [0.29, 0.717) is 13.0 Å².